The summed E-state index contributed by atoms with van der Waals surface area (Å²) in [5.74, 6) is 1.11. The standard InChI is InChI=1S/C26H23N3S/c1-2-19-16-30-26-28-24(22-13-7-8-14-27-22)25(29(19)26)23-20-11-5-3-9-17(20)15-18-10-4-6-12-21(18)23/h3-15,19,24-25H,2,16H2,1H3/t19-,24-,25+/m0/s1. The summed E-state index contributed by atoms with van der Waals surface area (Å²) in [5.41, 5.74) is 2.44. The maximum absolute atomic E-state index is 5.23. The Hall–Kier alpha value is -2.85. The summed E-state index contributed by atoms with van der Waals surface area (Å²) < 4.78 is 0. The minimum atomic E-state index is 0.0114. The van der Waals surface area contributed by atoms with Crippen molar-refractivity contribution >= 4 is 38.5 Å². The van der Waals surface area contributed by atoms with Crippen LogP contribution in [-0.4, -0.2) is 26.8 Å². The molecule has 3 heterocycles. The van der Waals surface area contributed by atoms with E-state index in [1.165, 1.54) is 32.3 Å². The summed E-state index contributed by atoms with van der Waals surface area (Å²) in [7, 11) is 0. The van der Waals surface area contributed by atoms with Crippen molar-refractivity contribution < 1.29 is 0 Å². The Bertz CT molecular complexity index is 1210. The molecule has 4 heteroatoms. The Morgan fingerprint density at radius 2 is 1.63 bits per heavy atom. The van der Waals surface area contributed by atoms with Crippen molar-refractivity contribution in [1.82, 2.24) is 9.88 Å². The number of nitrogens with zero attached hydrogens (tertiary/aromatic N) is 3. The molecule has 0 unspecified atom stereocenters. The quantitative estimate of drug-likeness (QED) is 0.368. The lowest BCUT2D eigenvalue weighted by Gasteiger charge is -2.33. The summed E-state index contributed by atoms with van der Waals surface area (Å²) >= 11 is 1.90. The van der Waals surface area contributed by atoms with Crippen LogP contribution in [-0.2, 0) is 0 Å². The van der Waals surface area contributed by atoms with Crippen molar-refractivity contribution in [3.63, 3.8) is 0 Å². The van der Waals surface area contributed by atoms with Crippen molar-refractivity contribution in [2.45, 2.75) is 31.5 Å². The molecule has 0 saturated carbocycles. The van der Waals surface area contributed by atoms with Crippen LogP contribution in [0.2, 0.25) is 0 Å². The Balaban J connectivity index is 1.66. The van der Waals surface area contributed by atoms with Gasteiger partial charge in [-0.25, -0.2) is 0 Å². The number of hydrogen-bond acceptors (Lipinski definition) is 4. The summed E-state index contributed by atoms with van der Waals surface area (Å²) in [6, 6.07) is 26.8. The molecular weight excluding hydrogens is 386 g/mol. The summed E-state index contributed by atoms with van der Waals surface area (Å²) in [4.78, 5) is 12.6. The SMILES string of the molecule is CC[C@H]1CSC2=N[C@@H](c3ccccn3)[C@@H](c3c4ccccc4cc4ccccc34)N21. The smallest absolute Gasteiger partial charge is 0.160 e. The van der Waals surface area contributed by atoms with Gasteiger partial charge in [-0.05, 0) is 51.7 Å². The number of hydrogen-bond donors (Lipinski definition) is 0. The molecule has 1 aromatic heterocycles. The largest absolute Gasteiger partial charge is 0.338 e. The molecule has 1 saturated heterocycles. The van der Waals surface area contributed by atoms with E-state index in [0.717, 1.165) is 17.9 Å². The zero-order valence-corrected chi connectivity index (χ0v) is 17.7. The monoisotopic (exact) mass is 409 g/mol. The zero-order chi connectivity index (χ0) is 20.1. The Morgan fingerprint density at radius 1 is 0.933 bits per heavy atom. The molecule has 0 radical (unpaired) electrons. The molecule has 0 spiro atoms. The topological polar surface area (TPSA) is 28.5 Å². The molecule has 0 bridgehead atoms. The van der Waals surface area contributed by atoms with Crippen molar-refractivity contribution in [2.75, 3.05) is 5.75 Å². The molecule has 148 valence electrons. The van der Waals surface area contributed by atoms with E-state index in [1.54, 1.807) is 0 Å². The van der Waals surface area contributed by atoms with E-state index in [2.05, 4.69) is 78.6 Å². The Morgan fingerprint density at radius 3 is 2.30 bits per heavy atom. The predicted molar refractivity (Wildman–Crippen MR) is 127 cm³/mol. The number of rotatable bonds is 3. The molecule has 4 aromatic rings. The van der Waals surface area contributed by atoms with Crippen LogP contribution in [0.15, 0.2) is 84.0 Å². The van der Waals surface area contributed by atoms with E-state index in [1.807, 2.05) is 24.0 Å². The minimum absolute atomic E-state index is 0.0114. The van der Waals surface area contributed by atoms with Crippen LogP contribution in [0.1, 0.15) is 36.7 Å². The first-order valence-electron chi connectivity index (χ1n) is 10.7. The molecule has 0 aliphatic carbocycles. The highest BCUT2D eigenvalue weighted by Gasteiger charge is 2.46. The van der Waals surface area contributed by atoms with Crippen LogP contribution in [0.25, 0.3) is 21.5 Å². The fourth-order valence-electron chi connectivity index (χ4n) is 5.03. The highest BCUT2D eigenvalue weighted by atomic mass is 32.2. The van der Waals surface area contributed by atoms with E-state index >= 15 is 0 Å². The fourth-order valence-corrected chi connectivity index (χ4v) is 6.37. The molecule has 3 atom stereocenters. The third-order valence-corrected chi connectivity index (χ3v) is 7.56. The highest BCUT2D eigenvalue weighted by molar-refractivity contribution is 8.14. The third kappa shape index (κ3) is 2.67. The molecule has 6 rings (SSSR count). The minimum Gasteiger partial charge on any atom is -0.338 e. The van der Waals surface area contributed by atoms with Gasteiger partial charge in [-0.15, -0.1) is 0 Å². The van der Waals surface area contributed by atoms with E-state index in [-0.39, 0.29) is 12.1 Å². The summed E-state index contributed by atoms with van der Waals surface area (Å²) in [5, 5.41) is 6.41. The van der Waals surface area contributed by atoms with E-state index in [9.17, 15) is 0 Å². The third-order valence-electron chi connectivity index (χ3n) is 6.44. The van der Waals surface area contributed by atoms with Crippen LogP contribution >= 0.6 is 11.8 Å². The van der Waals surface area contributed by atoms with Crippen LogP contribution in [0.5, 0.6) is 0 Å². The van der Waals surface area contributed by atoms with Gasteiger partial charge in [0.25, 0.3) is 0 Å². The number of fused-ring (bicyclic) bond motifs is 3. The molecule has 3 aromatic carbocycles. The lowest BCUT2D eigenvalue weighted by molar-refractivity contribution is 0.258. The van der Waals surface area contributed by atoms with Gasteiger partial charge in [-0.2, -0.15) is 0 Å². The first-order valence-corrected chi connectivity index (χ1v) is 11.6. The zero-order valence-electron chi connectivity index (χ0n) is 16.9. The summed E-state index contributed by atoms with van der Waals surface area (Å²) in [6.07, 6.45) is 3.02. The number of aliphatic imine (C=N–C) groups is 1. The van der Waals surface area contributed by atoms with E-state index < -0.39 is 0 Å². The second-order valence-corrected chi connectivity index (χ2v) is 9.06. The maximum Gasteiger partial charge on any atom is 0.160 e. The maximum atomic E-state index is 5.23. The van der Waals surface area contributed by atoms with Gasteiger partial charge in [0, 0.05) is 18.0 Å². The Kier molecular flexibility index (Phi) is 4.27. The molecule has 1 fully saturated rings. The Labute approximate surface area is 180 Å². The first-order chi connectivity index (χ1) is 14.8. The van der Waals surface area contributed by atoms with Crippen LogP contribution in [0.4, 0.5) is 0 Å². The molecular formula is C26H23N3S. The van der Waals surface area contributed by atoms with Gasteiger partial charge in [0.2, 0.25) is 0 Å². The predicted octanol–water partition coefficient (Wildman–Crippen LogP) is 6.37. The van der Waals surface area contributed by atoms with Gasteiger partial charge in [-0.3, -0.25) is 9.98 Å². The van der Waals surface area contributed by atoms with Gasteiger partial charge in [-0.1, -0.05) is 73.3 Å². The number of benzene rings is 3. The fraction of sp³-hybridized carbons (Fsp3) is 0.231. The first kappa shape index (κ1) is 18.0. The highest BCUT2D eigenvalue weighted by Crippen LogP contribution is 2.51. The lowest BCUT2D eigenvalue weighted by Crippen LogP contribution is -2.35. The number of pyridine rings is 1. The molecule has 3 nitrogen and oxygen atoms in total. The number of amidine groups is 1. The molecule has 30 heavy (non-hydrogen) atoms. The molecule has 2 aliphatic rings. The second-order valence-electron chi connectivity index (χ2n) is 8.07. The van der Waals surface area contributed by atoms with Gasteiger partial charge >= 0.3 is 0 Å². The van der Waals surface area contributed by atoms with Gasteiger partial charge in [0.1, 0.15) is 6.04 Å². The van der Waals surface area contributed by atoms with Crippen molar-refractivity contribution in [1.29, 1.82) is 0 Å². The average Bonchev–Trinajstić information content (AvgIpc) is 3.37. The summed E-state index contributed by atoms with van der Waals surface area (Å²) in [6.45, 7) is 2.29. The number of thioether (sulfide) groups is 1. The average molecular weight is 410 g/mol. The molecule has 0 N–H and O–H groups in total. The van der Waals surface area contributed by atoms with Crippen molar-refractivity contribution in [2.24, 2.45) is 4.99 Å². The molecule has 0 amide bonds. The van der Waals surface area contributed by atoms with Crippen LogP contribution in [0.3, 0.4) is 0 Å². The normalized spacial score (nSPS) is 23.2. The van der Waals surface area contributed by atoms with Gasteiger partial charge < -0.3 is 4.90 Å². The number of aromatic nitrogens is 1. The van der Waals surface area contributed by atoms with Gasteiger partial charge in [0.05, 0.1) is 11.7 Å². The molecule has 2 aliphatic heterocycles. The van der Waals surface area contributed by atoms with E-state index in [4.69, 9.17) is 9.98 Å². The van der Waals surface area contributed by atoms with E-state index in [0.29, 0.717) is 6.04 Å². The second kappa shape index (κ2) is 7.13. The van der Waals surface area contributed by atoms with Crippen LogP contribution in [0, 0.1) is 0 Å². The van der Waals surface area contributed by atoms with Crippen molar-refractivity contribution in [3.05, 3.63) is 90.3 Å². The lowest BCUT2D eigenvalue weighted by atomic mass is 9.87. The van der Waals surface area contributed by atoms with Crippen LogP contribution < -0.4 is 0 Å². The van der Waals surface area contributed by atoms with Crippen molar-refractivity contribution in [3.8, 4) is 0 Å². The van der Waals surface area contributed by atoms with Gasteiger partial charge in [0.15, 0.2) is 5.17 Å².